The highest BCUT2D eigenvalue weighted by atomic mass is 35.5. The third-order valence-corrected chi connectivity index (χ3v) is 4.74. The van der Waals surface area contributed by atoms with E-state index in [9.17, 15) is 0 Å². The Labute approximate surface area is 114 Å². The molecule has 2 aliphatic heterocycles. The molecule has 2 fully saturated rings. The summed E-state index contributed by atoms with van der Waals surface area (Å²) < 4.78 is 6.11. The van der Waals surface area contributed by atoms with Crippen LogP contribution in [0.3, 0.4) is 0 Å². The molecule has 0 radical (unpaired) electrons. The van der Waals surface area contributed by atoms with Crippen molar-refractivity contribution in [3.8, 4) is 5.75 Å². The largest absolute Gasteiger partial charge is 0.490 e. The Morgan fingerprint density at radius 3 is 2.33 bits per heavy atom. The lowest BCUT2D eigenvalue weighted by atomic mass is 10.0. The first-order chi connectivity index (χ1) is 8.76. The molecule has 2 nitrogen and oxygen atoms in total. The van der Waals surface area contributed by atoms with Crippen LogP contribution in [0.15, 0.2) is 24.3 Å². The Balaban J connectivity index is 1.63. The van der Waals surface area contributed by atoms with Crippen LogP contribution in [0.1, 0.15) is 31.2 Å². The van der Waals surface area contributed by atoms with Gasteiger partial charge in [0.2, 0.25) is 0 Å². The van der Waals surface area contributed by atoms with E-state index in [-0.39, 0.29) is 0 Å². The minimum Gasteiger partial charge on any atom is -0.490 e. The fourth-order valence-electron chi connectivity index (χ4n) is 3.31. The van der Waals surface area contributed by atoms with Gasteiger partial charge in [-0.05, 0) is 50.4 Å². The van der Waals surface area contributed by atoms with E-state index in [1.54, 1.807) is 0 Å². The number of alkyl halides is 1. The number of fused-ring (bicyclic) bond motifs is 2. The number of hydrogen-bond donors (Lipinski definition) is 0. The number of nitrogens with zero attached hydrogens (tertiary/aromatic N) is 1. The molecule has 2 atom stereocenters. The van der Waals surface area contributed by atoms with Gasteiger partial charge in [0.15, 0.2) is 0 Å². The van der Waals surface area contributed by atoms with Crippen LogP contribution in [0.4, 0.5) is 0 Å². The molecule has 1 aromatic carbocycles. The zero-order valence-corrected chi connectivity index (χ0v) is 11.6. The molecule has 2 heterocycles. The number of piperidine rings is 1. The lowest BCUT2D eigenvalue weighted by Gasteiger charge is -2.36. The lowest BCUT2D eigenvalue weighted by molar-refractivity contribution is 0.0661. The third-order valence-electron chi connectivity index (χ3n) is 4.44. The first-order valence-electron chi connectivity index (χ1n) is 6.80. The molecule has 3 heteroatoms. The molecule has 0 spiro atoms. The first kappa shape index (κ1) is 12.3. The molecule has 98 valence electrons. The van der Waals surface area contributed by atoms with Gasteiger partial charge in [-0.25, -0.2) is 0 Å². The maximum atomic E-state index is 6.11. The van der Waals surface area contributed by atoms with Crippen LogP contribution in [0.5, 0.6) is 5.75 Å². The Morgan fingerprint density at radius 2 is 1.78 bits per heavy atom. The van der Waals surface area contributed by atoms with Crippen LogP contribution in [0.2, 0.25) is 0 Å². The fourth-order valence-corrected chi connectivity index (χ4v) is 3.49. The quantitative estimate of drug-likeness (QED) is 0.777. The summed E-state index contributed by atoms with van der Waals surface area (Å²) in [6.07, 6.45) is 5.41. The van der Waals surface area contributed by atoms with Gasteiger partial charge < -0.3 is 9.64 Å². The van der Waals surface area contributed by atoms with Crippen LogP contribution < -0.4 is 4.74 Å². The van der Waals surface area contributed by atoms with Gasteiger partial charge in [-0.15, -0.1) is 11.6 Å². The second-order valence-electron chi connectivity index (χ2n) is 5.54. The van der Waals surface area contributed by atoms with Gasteiger partial charge in [-0.3, -0.25) is 0 Å². The van der Waals surface area contributed by atoms with Gasteiger partial charge in [-0.2, -0.15) is 0 Å². The number of halogens is 1. The summed E-state index contributed by atoms with van der Waals surface area (Å²) in [5.74, 6) is 1.55. The second-order valence-corrected chi connectivity index (χ2v) is 5.81. The van der Waals surface area contributed by atoms with Crippen LogP contribution in [0, 0.1) is 0 Å². The maximum absolute atomic E-state index is 6.11. The molecule has 0 saturated carbocycles. The van der Waals surface area contributed by atoms with Crippen LogP contribution in [-0.4, -0.2) is 30.1 Å². The zero-order valence-electron chi connectivity index (χ0n) is 10.8. The fraction of sp³-hybridized carbons (Fsp3) is 0.600. The predicted molar refractivity (Wildman–Crippen MR) is 74.2 cm³/mol. The van der Waals surface area contributed by atoms with Crippen molar-refractivity contribution in [2.45, 2.75) is 49.8 Å². The molecule has 2 unspecified atom stereocenters. The van der Waals surface area contributed by atoms with Crippen molar-refractivity contribution in [3.63, 3.8) is 0 Å². The van der Waals surface area contributed by atoms with E-state index in [4.69, 9.17) is 16.3 Å². The van der Waals surface area contributed by atoms with E-state index in [0.717, 1.165) is 23.4 Å². The second kappa shape index (κ2) is 5.10. The highest BCUT2D eigenvalue weighted by Crippen LogP contribution is 2.35. The monoisotopic (exact) mass is 265 g/mol. The summed E-state index contributed by atoms with van der Waals surface area (Å²) in [7, 11) is 2.26. The lowest BCUT2D eigenvalue weighted by Crippen LogP contribution is -2.43. The molecule has 1 aromatic rings. The van der Waals surface area contributed by atoms with Crippen molar-refractivity contribution in [3.05, 3.63) is 29.8 Å². The standard InChI is InChI=1S/C15H20ClNO/c1-17-12-4-5-13(17)9-15(8-12)18-14-6-2-11(10-16)3-7-14/h2-3,6-7,12-13,15H,4-5,8-10H2,1H3. The van der Waals surface area contributed by atoms with Crippen molar-refractivity contribution in [2.24, 2.45) is 0 Å². The molecule has 2 aliphatic rings. The molecule has 18 heavy (non-hydrogen) atoms. The summed E-state index contributed by atoms with van der Waals surface area (Å²) >= 11 is 5.79. The molecule has 0 amide bonds. The van der Waals surface area contributed by atoms with Crippen molar-refractivity contribution >= 4 is 11.6 Å². The van der Waals surface area contributed by atoms with Crippen LogP contribution in [-0.2, 0) is 5.88 Å². The van der Waals surface area contributed by atoms with Crippen LogP contribution in [0.25, 0.3) is 0 Å². The average molecular weight is 266 g/mol. The molecule has 0 N–H and O–H groups in total. The van der Waals surface area contributed by atoms with Crippen LogP contribution >= 0.6 is 11.6 Å². The summed E-state index contributed by atoms with van der Waals surface area (Å²) in [5.41, 5.74) is 1.15. The van der Waals surface area contributed by atoms with E-state index >= 15 is 0 Å². The highest BCUT2D eigenvalue weighted by Gasteiger charge is 2.39. The zero-order chi connectivity index (χ0) is 12.5. The smallest absolute Gasteiger partial charge is 0.119 e. The molecule has 2 saturated heterocycles. The van der Waals surface area contributed by atoms with E-state index < -0.39 is 0 Å². The Morgan fingerprint density at radius 1 is 1.17 bits per heavy atom. The van der Waals surface area contributed by atoms with Crippen molar-refractivity contribution in [2.75, 3.05) is 7.05 Å². The molecule has 0 aromatic heterocycles. The SMILES string of the molecule is CN1C2CCC1CC(Oc1ccc(CCl)cc1)C2. The Hall–Kier alpha value is -0.730. The Bertz CT molecular complexity index is 391. The summed E-state index contributed by atoms with van der Waals surface area (Å²) in [4.78, 5) is 2.54. The van der Waals surface area contributed by atoms with E-state index in [0.29, 0.717) is 12.0 Å². The van der Waals surface area contributed by atoms with Gasteiger partial charge >= 0.3 is 0 Å². The minimum absolute atomic E-state index is 0.389. The van der Waals surface area contributed by atoms with Crippen molar-refractivity contribution < 1.29 is 4.74 Å². The maximum Gasteiger partial charge on any atom is 0.119 e. The van der Waals surface area contributed by atoms with Gasteiger partial charge in [0.25, 0.3) is 0 Å². The number of hydrogen-bond acceptors (Lipinski definition) is 2. The highest BCUT2D eigenvalue weighted by molar-refractivity contribution is 6.17. The minimum atomic E-state index is 0.389. The molecular weight excluding hydrogens is 246 g/mol. The summed E-state index contributed by atoms with van der Waals surface area (Å²) in [5, 5.41) is 0. The van der Waals surface area contributed by atoms with Gasteiger partial charge in [0.1, 0.15) is 11.9 Å². The van der Waals surface area contributed by atoms with Gasteiger partial charge in [0.05, 0.1) is 0 Å². The van der Waals surface area contributed by atoms with Gasteiger partial charge in [-0.1, -0.05) is 12.1 Å². The molecule has 2 bridgehead atoms. The number of ether oxygens (including phenoxy) is 1. The van der Waals surface area contributed by atoms with Gasteiger partial charge in [0, 0.05) is 18.0 Å². The predicted octanol–water partition coefficient (Wildman–Crippen LogP) is 3.43. The van der Waals surface area contributed by atoms with E-state index in [1.807, 2.05) is 24.3 Å². The van der Waals surface area contributed by atoms with E-state index in [1.165, 1.54) is 25.7 Å². The topological polar surface area (TPSA) is 12.5 Å². The molecule has 0 aliphatic carbocycles. The summed E-state index contributed by atoms with van der Waals surface area (Å²) in [6, 6.07) is 9.64. The molecule has 3 rings (SSSR count). The number of rotatable bonds is 3. The Kier molecular flexibility index (Phi) is 3.49. The third kappa shape index (κ3) is 2.36. The van der Waals surface area contributed by atoms with E-state index in [2.05, 4.69) is 11.9 Å². The number of benzene rings is 1. The van der Waals surface area contributed by atoms with Crippen molar-refractivity contribution in [1.29, 1.82) is 0 Å². The summed E-state index contributed by atoms with van der Waals surface area (Å²) in [6.45, 7) is 0. The normalized spacial score (nSPS) is 31.6. The van der Waals surface area contributed by atoms with Crippen molar-refractivity contribution in [1.82, 2.24) is 4.90 Å². The first-order valence-corrected chi connectivity index (χ1v) is 7.33. The average Bonchev–Trinajstić information content (AvgIpc) is 2.63. The molecular formula is C15H20ClNO.